The van der Waals surface area contributed by atoms with Crippen LogP contribution in [0.25, 0.3) is 0 Å². The van der Waals surface area contributed by atoms with Crippen molar-refractivity contribution in [3.8, 4) is 0 Å². The van der Waals surface area contributed by atoms with Gasteiger partial charge >= 0.3 is 0 Å². The van der Waals surface area contributed by atoms with E-state index in [2.05, 4.69) is 63.2 Å². The van der Waals surface area contributed by atoms with E-state index in [1.165, 1.54) is 23.1 Å². The minimum atomic E-state index is 0. The molecule has 0 aliphatic heterocycles. The van der Waals surface area contributed by atoms with Crippen LogP contribution in [0.3, 0.4) is 0 Å². The van der Waals surface area contributed by atoms with Crippen LogP contribution in [0.1, 0.15) is 55.7 Å². The second-order valence-electron chi connectivity index (χ2n) is 4.94. The van der Waals surface area contributed by atoms with Gasteiger partial charge in [0.2, 0.25) is 0 Å². The summed E-state index contributed by atoms with van der Waals surface area (Å²) in [6.07, 6.45) is 1.18. The molecule has 2 aromatic carbocycles. The first-order valence-corrected chi connectivity index (χ1v) is 6.70. The van der Waals surface area contributed by atoms with E-state index < -0.39 is 0 Å². The molecule has 2 radical (unpaired) electrons. The van der Waals surface area contributed by atoms with Gasteiger partial charge in [-0.25, -0.2) is 0 Å². The fourth-order valence-electron chi connectivity index (χ4n) is 2.16. The molecule has 0 saturated heterocycles. The van der Waals surface area contributed by atoms with Crippen molar-refractivity contribution in [3.05, 3.63) is 71.3 Å². The molecule has 0 N–H and O–H groups in total. The van der Waals surface area contributed by atoms with E-state index in [9.17, 15) is 0 Å². The van der Waals surface area contributed by atoms with Gasteiger partial charge in [-0.1, -0.05) is 27.2 Å². The fourth-order valence-corrected chi connectivity index (χ4v) is 2.16. The normalized spacial score (nSPS) is 12.8. The first-order chi connectivity index (χ1) is 8.72. The van der Waals surface area contributed by atoms with Crippen LogP contribution in [0.5, 0.6) is 0 Å². The smallest absolute Gasteiger partial charge is 0 e. The molecule has 0 nitrogen and oxygen atoms in total. The monoisotopic (exact) mass is 414 g/mol. The Labute approximate surface area is 173 Å². The Hall–Kier alpha value is 0.648. The quantitative estimate of drug-likeness (QED) is 0.622. The van der Waals surface area contributed by atoms with E-state index in [4.69, 9.17) is 0 Å². The molecule has 2 atom stereocenters. The van der Waals surface area contributed by atoms with Crippen LogP contribution in [-0.2, 0) is 65.4 Å². The van der Waals surface area contributed by atoms with Gasteiger partial charge in [-0.05, 0) is 11.8 Å². The average Bonchev–Trinajstić information content (AvgIpc) is 2.46. The van der Waals surface area contributed by atoms with E-state index in [1.54, 1.807) is 0 Å². The summed E-state index contributed by atoms with van der Waals surface area (Å²) in [6.45, 7) is 6.75. The largest absolute Gasteiger partial charge is 0.184 e. The molecular weight excluding hydrogens is 394 g/mol. The molecule has 2 aromatic rings. The van der Waals surface area contributed by atoms with Gasteiger partial charge in [-0.3, -0.25) is 0 Å². The Morgan fingerprint density at radius 1 is 0.950 bits per heavy atom. The van der Waals surface area contributed by atoms with Crippen molar-refractivity contribution in [2.24, 2.45) is 0 Å². The van der Waals surface area contributed by atoms with Gasteiger partial charge in [0.25, 0.3) is 0 Å². The summed E-state index contributed by atoms with van der Waals surface area (Å²) >= 11 is 0. The predicted octanol–water partition coefficient (Wildman–Crippen LogP) is 4.95. The third-order valence-electron chi connectivity index (χ3n) is 3.74. The van der Waals surface area contributed by atoms with Crippen LogP contribution in [-0.4, -0.2) is 0 Å². The van der Waals surface area contributed by atoms with Gasteiger partial charge in [0.05, 0.1) is 0 Å². The van der Waals surface area contributed by atoms with E-state index in [0.717, 1.165) is 0 Å². The van der Waals surface area contributed by atoms with E-state index in [-0.39, 0.29) is 65.4 Å². The van der Waals surface area contributed by atoms with Gasteiger partial charge in [-0.15, -0.1) is 0 Å². The van der Waals surface area contributed by atoms with Crippen molar-refractivity contribution >= 4 is 0 Å². The minimum Gasteiger partial charge on any atom is -0.184 e. The van der Waals surface area contributed by atoms with Gasteiger partial charge in [0, 0.05) is 65.4 Å². The molecule has 0 aliphatic carbocycles. The zero-order valence-electron chi connectivity index (χ0n) is 12.6. The fraction of sp³-hybridized carbons (Fsp3) is 0.333. The zero-order valence-corrected chi connectivity index (χ0v) is 18.2. The molecule has 0 aliphatic rings. The second kappa shape index (κ2) is 10.4. The third-order valence-corrected chi connectivity index (χ3v) is 3.74. The molecular formula is C18H20Y2-2. The molecule has 0 heterocycles. The van der Waals surface area contributed by atoms with E-state index >= 15 is 0 Å². The van der Waals surface area contributed by atoms with Crippen molar-refractivity contribution in [2.45, 2.75) is 39.0 Å². The standard InChI is InChI=1S/C18H20.2Y/c1-4-14(2)17-11-8-12-18(13-17)15(3)16-9-6-5-7-10-16;;/h6-11,13-15H,4H2,1-3H3;;/q-2;;. The number of hydrogen-bond donors (Lipinski definition) is 0. The van der Waals surface area contributed by atoms with Crippen LogP contribution >= 0.6 is 0 Å². The van der Waals surface area contributed by atoms with Crippen molar-refractivity contribution < 1.29 is 65.4 Å². The van der Waals surface area contributed by atoms with Gasteiger partial charge in [0.1, 0.15) is 0 Å². The van der Waals surface area contributed by atoms with Crippen molar-refractivity contribution in [2.75, 3.05) is 0 Å². The zero-order chi connectivity index (χ0) is 13.0. The molecule has 2 unspecified atom stereocenters. The molecule has 0 fully saturated rings. The molecule has 0 amide bonds. The Morgan fingerprint density at radius 2 is 1.55 bits per heavy atom. The summed E-state index contributed by atoms with van der Waals surface area (Å²) in [7, 11) is 0. The summed E-state index contributed by atoms with van der Waals surface area (Å²) in [6, 6.07) is 21.2. The maximum atomic E-state index is 3.38. The summed E-state index contributed by atoms with van der Waals surface area (Å²) in [5, 5.41) is 0. The van der Waals surface area contributed by atoms with Crippen molar-refractivity contribution in [3.63, 3.8) is 0 Å². The summed E-state index contributed by atoms with van der Waals surface area (Å²) in [4.78, 5) is 0. The van der Waals surface area contributed by atoms with E-state index in [1.807, 2.05) is 12.1 Å². The number of rotatable bonds is 4. The molecule has 20 heavy (non-hydrogen) atoms. The Bertz CT molecular complexity index is 494. The second-order valence-corrected chi connectivity index (χ2v) is 4.94. The van der Waals surface area contributed by atoms with Gasteiger partial charge in [0.15, 0.2) is 0 Å². The van der Waals surface area contributed by atoms with E-state index in [0.29, 0.717) is 11.8 Å². The number of hydrogen-bond acceptors (Lipinski definition) is 0. The first kappa shape index (κ1) is 20.6. The number of benzene rings is 2. The summed E-state index contributed by atoms with van der Waals surface area (Å²) in [5.41, 5.74) is 4.02. The van der Waals surface area contributed by atoms with Gasteiger partial charge < -0.3 is 0 Å². The Kier molecular flexibility index (Phi) is 10.7. The molecule has 0 bridgehead atoms. The molecule has 2 rings (SSSR count). The molecule has 2 heteroatoms. The Morgan fingerprint density at radius 3 is 2.15 bits per heavy atom. The molecule has 100 valence electrons. The third kappa shape index (κ3) is 5.45. The van der Waals surface area contributed by atoms with Crippen molar-refractivity contribution in [1.29, 1.82) is 0 Å². The molecule has 0 spiro atoms. The van der Waals surface area contributed by atoms with Crippen molar-refractivity contribution in [1.82, 2.24) is 0 Å². The van der Waals surface area contributed by atoms with Gasteiger partial charge in [-0.2, -0.15) is 71.3 Å². The maximum absolute atomic E-state index is 3.38. The first-order valence-electron chi connectivity index (χ1n) is 6.70. The van der Waals surface area contributed by atoms with Crippen LogP contribution in [0, 0.1) is 12.1 Å². The van der Waals surface area contributed by atoms with Crippen LogP contribution in [0.4, 0.5) is 0 Å². The summed E-state index contributed by atoms with van der Waals surface area (Å²) < 4.78 is 0. The minimum absolute atomic E-state index is 0. The topological polar surface area (TPSA) is 0 Å². The van der Waals surface area contributed by atoms with Crippen LogP contribution in [0.15, 0.2) is 42.5 Å². The molecule has 0 aromatic heterocycles. The SMILES string of the molecule is CCC(C)c1cc[c-]c(C(C)c2cc[c-]cc2)c1.[Y].[Y]. The summed E-state index contributed by atoms with van der Waals surface area (Å²) in [5.74, 6) is 1.01. The molecule has 0 saturated carbocycles. The van der Waals surface area contributed by atoms with Crippen LogP contribution < -0.4 is 0 Å². The maximum Gasteiger partial charge on any atom is 0 e. The predicted molar refractivity (Wildman–Crippen MR) is 76.8 cm³/mol. The average molecular weight is 414 g/mol. The Balaban J connectivity index is 0.00000180. The van der Waals surface area contributed by atoms with Crippen LogP contribution in [0.2, 0.25) is 0 Å².